The highest BCUT2D eigenvalue weighted by Crippen LogP contribution is 2.25. The van der Waals surface area contributed by atoms with Gasteiger partial charge in [-0.2, -0.15) is 0 Å². The Morgan fingerprint density at radius 1 is 0.375 bits per heavy atom. The van der Waals surface area contributed by atoms with Crippen molar-refractivity contribution in [1.29, 1.82) is 0 Å². The molecule has 0 aliphatic heterocycles. The minimum Gasteiger partial charge on any atom is -0.300 e. The lowest BCUT2D eigenvalue weighted by Crippen LogP contribution is -2.40. The predicted octanol–water partition coefficient (Wildman–Crippen LogP) is 10.4. The molecule has 32 heavy (non-hydrogen) atoms. The fraction of sp³-hybridized carbons (Fsp3) is 0.935. The van der Waals surface area contributed by atoms with E-state index in [1.54, 1.807) is 0 Å². The topological polar surface area (TPSA) is 3.24 Å². The molecule has 0 aromatic heterocycles. The van der Waals surface area contributed by atoms with E-state index in [2.05, 4.69) is 24.1 Å². The summed E-state index contributed by atoms with van der Waals surface area (Å²) in [6, 6.07) is 1.66. The summed E-state index contributed by atoms with van der Waals surface area (Å²) in [4.78, 5) is 2.89. The first-order valence-corrected chi connectivity index (χ1v) is 15.2. The van der Waals surface area contributed by atoms with Crippen molar-refractivity contribution >= 4 is 0 Å². The molecular weight excluding hydrogens is 386 g/mol. The molecule has 0 heterocycles. The third-order valence-corrected chi connectivity index (χ3v) is 8.46. The van der Waals surface area contributed by atoms with Crippen molar-refractivity contribution < 1.29 is 0 Å². The third-order valence-electron chi connectivity index (χ3n) is 8.46. The van der Waals surface area contributed by atoms with Gasteiger partial charge in [-0.15, -0.1) is 0 Å². The first kappa shape index (κ1) is 27.9. The van der Waals surface area contributed by atoms with E-state index in [9.17, 15) is 0 Å². The Kier molecular flexibility index (Phi) is 17.6. The zero-order valence-electron chi connectivity index (χ0n) is 22.1. The van der Waals surface area contributed by atoms with Crippen LogP contribution in [0.5, 0.6) is 0 Å². The molecule has 1 saturated carbocycles. The summed E-state index contributed by atoms with van der Waals surface area (Å²) in [6.45, 7) is 0. The summed E-state index contributed by atoms with van der Waals surface area (Å²) in [5, 5.41) is 0. The standard InChI is InChI=1S/C31H59N/c1-32(31-28-24-20-16-12-8-5-9-13-17-21-25-29-31)30-26-22-18-14-10-6-3-2-4-7-11-15-19-23-27-30/h10,14,30-31H,2-9,11-13,15-29H2,1H3/b14-10-. The molecule has 2 aliphatic rings. The van der Waals surface area contributed by atoms with Crippen molar-refractivity contribution in [3.05, 3.63) is 12.2 Å². The van der Waals surface area contributed by atoms with Crippen LogP contribution in [-0.2, 0) is 0 Å². The molecule has 0 radical (unpaired) electrons. The minimum absolute atomic E-state index is 0.820. The summed E-state index contributed by atoms with van der Waals surface area (Å²) in [6.07, 6.45) is 42.6. The summed E-state index contributed by atoms with van der Waals surface area (Å²) in [5.41, 5.74) is 0. The van der Waals surface area contributed by atoms with Crippen LogP contribution in [-0.4, -0.2) is 24.0 Å². The van der Waals surface area contributed by atoms with Crippen LogP contribution in [0.2, 0.25) is 0 Å². The minimum atomic E-state index is 0.820. The zero-order valence-corrected chi connectivity index (χ0v) is 22.1. The van der Waals surface area contributed by atoms with Gasteiger partial charge < -0.3 is 4.90 Å². The van der Waals surface area contributed by atoms with E-state index in [0.29, 0.717) is 0 Å². The van der Waals surface area contributed by atoms with Crippen LogP contribution in [0.3, 0.4) is 0 Å². The maximum Gasteiger partial charge on any atom is 0.00952 e. The fourth-order valence-electron chi connectivity index (χ4n) is 6.16. The van der Waals surface area contributed by atoms with Crippen molar-refractivity contribution in [2.24, 2.45) is 0 Å². The lowest BCUT2D eigenvalue weighted by Gasteiger charge is -2.36. The Hall–Kier alpha value is -0.300. The normalized spacial score (nSPS) is 27.5. The first-order chi connectivity index (χ1) is 15.9. The van der Waals surface area contributed by atoms with Gasteiger partial charge in [-0.3, -0.25) is 0 Å². The van der Waals surface area contributed by atoms with Gasteiger partial charge in [-0.05, 0) is 58.4 Å². The van der Waals surface area contributed by atoms with Crippen LogP contribution in [0.1, 0.15) is 167 Å². The van der Waals surface area contributed by atoms with Crippen LogP contribution in [0.4, 0.5) is 0 Å². The Labute approximate surface area is 203 Å². The van der Waals surface area contributed by atoms with Gasteiger partial charge in [0.05, 0.1) is 0 Å². The van der Waals surface area contributed by atoms with Gasteiger partial charge in [0.1, 0.15) is 0 Å². The van der Waals surface area contributed by atoms with Crippen LogP contribution in [0.25, 0.3) is 0 Å². The zero-order chi connectivity index (χ0) is 22.5. The van der Waals surface area contributed by atoms with E-state index in [1.165, 1.54) is 167 Å². The Bertz CT molecular complexity index is 414. The molecule has 2 aliphatic carbocycles. The first-order valence-electron chi connectivity index (χ1n) is 15.2. The Morgan fingerprint density at radius 3 is 1.06 bits per heavy atom. The highest BCUT2D eigenvalue weighted by molar-refractivity contribution is 4.83. The van der Waals surface area contributed by atoms with Gasteiger partial charge in [0, 0.05) is 12.1 Å². The van der Waals surface area contributed by atoms with E-state index in [1.807, 2.05) is 0 Å². The summed E-state index contributed by atoms with van der Waals surface area (Å²) in [5.74, 6) is 0. The number of allylic oxidation sites excluding steroid dienone is 2. The third kappa shape index (κ3) is 14.1. The molecular formula is C31H59N. The summed E-state index contributed by atoms with van der Waals surface area (Å²) < 4.78 is 0. The van der Waals surface area contributed by atoms with Crippen LogP contribution < -0.4 is 0 Å². The van der Waals surface area contributed by atoms with Gasteiger partial charge in [0.2, 0.25) is 0 Å². The van der Waals surface area contributed by atoms with E-state index >= 15 is 0 Å². The number of hydrogen-bond acceptors (Lipinski definition) is 1. The summed E-state index contributed by atoms with van der Waals surface area (Å²) in [7, 11) is 2.51. The highest BCUT2D eigenvalue weighted by Gasteiger charge is 2.22. The van der Waals surface area contributed by atoms with Gasteiger partial charge in [0.25, 0.3) is 0 Å². The Morgan fingerprint density at radius 2 is 0.656 bits per heavy atom. The van der Waals surface area contributed by atoms with Gasteiger partial charge >= 0.3 is 0 Å². The lowest BCUT2D eigenvalue weighted by molar-refractivity contribution is 0.132. The second kappa shape index (κ2) is 20.1. The van der Waals surface area contributed by atoms with Crippen molar-refractivity contribution in [1.82, 2.24) is 4.90 Å². The molecule has 1 atom stereocenters. The van der Waals surface area contributed by atoms with E-state index < -0.39 is 0 Å². The molecule has 2 rings (SSSR count). The fourth-order valence-corrected chi connectivity index (χ4v) is 6.16. The molecule has 1 nitrogen and oxygen atoms in total. The molecule has 1 fully saturated rings. The average Bonchev–Trinajstić information content (AvgIpc) is 2.80. The molecule has 188 valence electrons. The maximum absolute atomic E-state index is 2.89. The van der Waals surface area contributed by atoms with Crippen LogP contribution in [0, 0.1) is 0 Å². The van der Waals surface area contributed by atoms with Crippen molar-refractivity contribution in [2.75, 3.05) is 7.05 Å². The largest absolute Gasteiger partial charge is 0.300 e. The second-order valence-corrected chi connectivity index (χ2v) is 11.2. The number of rotatable bonds is 2. The average molecular weight is 446 g/mol. The second-order valence-electron chi connectivity index (χ2n) is 11.2. The number of nitrogens with zero attached hydrogens (tertiary/aromatic N) is 1. The molecule has 0 aromatic carbocycles. The van der Waals surface area contributed by atoms with Crippen molar-refractivity contribution in [3.63, 3.8) is 0 Å². The number of hydrogen-bond donors (Lipinski definition) is 0. The smallest absolute Gasteiger partial charge is 0.00952 e. The van der Waals surface area contributed by atoms with E-state index in [0.717, 1.165) is 12.1 Å². The molecule has 0 aromatic rings. The van der Waals surface area contributed by atoms with Crippen molar-refractivity contribution in [3.8, 4) is 0 Å². The SMILES string of the molecule is CN(C1CCC/C=C\CCCCCCCCCC1)C1CCCCCCCCCCCCC1. The monoisotopic (exact) mass is 445 g/mol. The molecule has 0 bridgehead atoms. The predicted molar refractivity (Wildman–Crippen MR) is 145 cm³/mol. The van der Waals surface area contributed by atoms with E-state index in [4.69, 9.17) is 0 Å². The highest BCUT2D eigenvalue weighted by atomic mass is 15.2. The van der Waals surface area contributed by atoms with Gasteiger partial charge in [-0.25, -0.2) is 0 Å². The van der Waals surface area contributed by atoms with Crippen LogP contribution in [0.15, 0.2) is 12.2 Å². The molecule has 0 amide bonds. The maximum atomic E-state index is 2.89. The van der Waals surface area contributed by atoms with E-state index in [-0.39, 0.29) is 0 Å². The van der Waals surface area contributed by atoms with Crippen LogP contribution >= 0.6 is 0 Å². The molecule has 0 saturated heterocycles. The van der Waals surface area contributed by atoms with Gasteiger partial charge in [0.15, 0.2) is 0 Å². The summed E-state index contributed by atoms with van der Waals surface area (Å²) >= 11 is 0. The quantitative estimate of drug-likeness (QED) is 0.382. The van der Waals surface area contributed by atoms with Crippen molar-refractivity contribution in [2.45, 2.75) is 179 Å². The molecule has 1 unspecified atom stereocenters. The molecule has 1 heteroatoms. The molecule has 0 N–H and O–H groups in total. The lowest BCUT2D eigenvalue weighted by atomic mass is 9.94. The molecule has 0 spiro atoms. The Balaban J connectivity index is 1.88. The van der Waals surface area contributed by atoms with Gasteiger partial charge in [-0.1, -0.05) is 128 Å².